The third kappa shape index (κ3) is 1.77. The highest BCUT2D eigenvalue weighted by Crippen LogP contribution is 2.08. The average Bonchev–Trinajstić information content (AvgIpc) is 2.34. The number of Topliss-reactive ketones (excluding diaryl/α,β-unsaturated/α-hetero) is 1. The van der Waals surface area contributed by atoms with Gasteiger partial charge < -0.3 is 4.42 Å². The second-order valence-corrected chi connectivity index (χ2v) is 2.73. The highest BCUT2D eigenvalue weighted by Gasteiger charge is 2.15. The standard InChI is InChI=1S/C7H5BrO3/c1-4-2-3-5(11-4)6(9)7(8)10/h2-3H,1H3. The van der Waals surface area contributed by atoms with Gasteiger partial charge in [0, 0.05) is 15.9 Å². The number of aryl methyl sites for hydroxylation is 1. The number of rotatable bonds is 2. The summed E-state index contributed by atoms with van der Waals surface area (Å²) in [5.41, 5.74) is 0. The Morgan fingerprint density at radius 1 is 1.45 bits per heavy atom. The lowest BCUT2D eigenvalue weighted by atomic mass is 10.3. The van der Waals surface area contributed by atoms with Gasteiger partial charge in [0.1, 0.15) is 5.76 Å². The maximum absolute atomic E-state index is 10.9. The third-order valence-corrected chi connectivity index (χ3v) is 1.50. The van der Waals surface area contributed by atoms with E-state index in [0.717, 1.165) is 0 Å². The first-order valence-electron chi connectivity index (χ1n) is 2.92. The molecule has 1 aromatic rings. The van der Waals surface area contributed by atoms with Crippen molar-refractivity contribution in [1.82, 2.24) is 0 Å². The molecule has 0 atom stereocenters. The molecule has 0 aromatic carbocycles. The largest absolute Gasteiger partial charge is 0.458 e. The van der Waals surface area contributed by atoms with Crippen LogP contribution in [-0.4, -0.2) is 10.5 Å². The van der Waals surface area contributed by atoms with E-state index in [2.05, 4.69) is 15.9 Å². The molecule has 0 spiro atoms. The van der Waals surface area contributed by atoms with Gasteiger partial charge >= 0.3 is 0 Å². The van der Waals surface area contributed by atoms with Crippen LogP contribution in [0.25, 0.3) is 0 Å². The topological polar surface area (TPSA) is 47.3 Å². The molecule has 1 aromatic heterocycles. The van der Waals surface area contributed by atoms with Crippen LogP contribution in [0.15, 0.2) is 16.5 Å². The molecule has 11 heavy (non-hydrogen) atoms. The summed E-state index contributed by atoms with van der Waals surface area (Å²) < 4.78 is 4.22. The van der Waals surface area contributed by atoms with E-state index in [4.69, 9.17) is 4.42 Å². The zero-order valence-electron chi connectivity index (χ0n) is 5.76. The van der Waals surface area contributed by atoms with E-state index in [9.17, 15) is 9.59 Å². The SMILES string of the molecule is Cc1ccc(C(=O)C(=O)Br)o1. The molecule has 4 heteroatoms. The monoisotopic (exact) mass is 216 g/mol. The van der Waals surface area contributed by atoms with Crippen molar-refractivity contribution in [2.75, 3.05) is 0 Å². The molecule has 0 saturated heterocycles. The van der Waals surface area contributed by atoms with Crippen LogP contribution in [0.3, 0.4) is 0 Å². The minimum atomic E-state index is -0.688. The highest BCUT2D eigenvalue weighted by atomic mass is 79.9. The summed E-state index contributed by atoms with van der Waals surface area (Å²) in [7, 11) is 0. The van der Waals surface area contributed by atoms with Gasteiger partial charge in [-0.25, -0.2) is 0 Å². The van der Waals surface area contributed by atoms with Crippen LogP contribution in [0, 0.1) is 6.92 Å². The van der Waals surface area contributed by atoms with Crippen molar-refractivity contribution in [2.45, 2.75) is 6.92 Å². The predicted molar refractivity (Wildman–Crippen MR) is 41.7 cm³/mol. The zero-order chi connectivity index (χ0) is 8.43. The van der Waals surface area contributed by atoms with E-state index in [1.165, 1.54) is 6.07 Å². The smallest absolute Gasteiger partial charge is 0.275 e. The lowest BCUT2D eigenvalue weighted by Crippen LogP contribution is -2.04. The summed E-state index contributed by atoms with van der Waals surface area (Å²) in [6, 6.07) is 3.10. The van der Waals surface area contributed by atoms with Crippen molar-refractivity contribution >= 4 is 26.4 Å². The first-order chi connectivity index (χ1) is 5.11. The van der Waals surface area contributed by atoms with Gasteiger partial charge in [0.25, 0.3) is 10.5 Å². The van der Waals surface area contributed by atoms with Crippen LogP contribution >= 0.6 is 15.9 Å². The Morgan fingerprint density at radius 3 is 2.45 bits per heavy atom. The van der Waals surface area contributed by atoms with Gasteiger partial charge in [-0.05, 0) is 19.1 Å². The van der Waals surface area contributed by atoms with E-state index < -0.39 is 10.5 Å². The van der Waals surface area contributed by atoms with Crippen molar-refractivity contribution in [3.8, 4) is 0 Å². The first kappa shape index (κ1) is 8.20. The molecule has 0 saturated carbocycles. The Hall–Kier alpha value is -0.900. The van der Waals surface area contributed by atoms with Crippen molar-refractivity contribution in [2.24, 2.45) is 0 Å². The van der Waals surface area contributed by atoms with Crippen molar-refractivity contribution < 1.29 is 14.0 Å². The molecule has 1 rings (SSSR count). The molecular weight excluding hydrogens is 212 g/mol. The predicted octanol–water partition coefficient (Wildman–Crippen LogP) is 1.69. The Kier molecular flexibility index (Phi) is 2.24. The van der Waals surface area contributed by atoms with Gasteiger partial charge in [-0.1, -0.05) is 0 Å². The van der Waals surface area contributed by atoms with Crippen molar-refractivity contribution in [3.05, 3.63) is 23.7 Å². The van der Waals surface area contributed by atoms with Crippen LogP contribution < -0.4 is 0 Å². The molecule has 0 aliphatic rings. The lowest BCUT2D eigenvalue weighted by Gasteiger charge is -1.86. The van der Waals surface area contributed by atoms with Crippen LogP contribution in [0.5, 0.6) is 0 Å². The van der Waals surface area contributed by atoms with E-state index >= 15 is 0 Å². The minimum Gasteiger partial charge on any atom is -0.458 e. The fraction of sp³-hybridized carbons (Fsp3) is 0.143. The fourth-order valence-electron chi connectivity index (χ4n) is 0.653. The van der Waals surface area contributed by atoms with Gasteiger partial charge in [0.2, 0.25) is 0 Å². The van der Waals surface area contributed by atoms with Crippen LogP contribution in [0.1, 0.15) is 16.3 Å². The second-order valence-electron chi connectivity index (χ2n) is 2.01. The van der Waals surface area contributed by atoms with Crippen molar-refractivity contribution in [3.63, 3.8) is 0 Å². The highest BCUT2D eigenvalue weighted by molar-refractivity contribution is 9.19. The number of hydrogen-bond donors (Lipinski definition) is 0. The minimum absolute atomic E-state index is 0.0735. The molecule has 0 bridgehead atoms. The lowest BCUT2D eigenvalue weighted by molar-refractivity contribution is -0.107. The first-order valence-corrected chi connectivity index (χ1v) is 3.71. The molecule has 0 radical (unpaired) electrons. The van der Waals surface area contributed by atoms with Gasteiger partial charge in [0.05, 0.1) is 0 Å². The summed E-state index contributed by atoms with van der Waals surface area (Å²) in [5, 5.41) is 0. The Morgan fingerprint density at radius 2 is 2.09 bits per heavy atom. The van der Waals surface area contributed by atoms with E-state index in [1.54, 1.807) is 13.0 Å². The van der Waals surface area contributed by atoms with Crippen molar-refractivity contribution in [1.29, 1.82) is 0 Å². The molecule has 0 unspecified atom stereocenters. The van der Waals surface area contributed by atoms with Gasteiger partial charge in [0.15, 0.2) is 5.76 Å². The number of carbonyl (C=O) groups is 2. The van der Waals surface area contributed by atoms with E-state index in [1.807, 2.05) is 0 Å². The van der Waals surface area contributed by atoms with E-state index in [-0.39, 0.29) is 5.76 Å². The number of hydrogen-bond acceptors (Lipinski definition) is 3. The number of ketones is 1. The van der Waals surface area contributed by atoms with Gasteiger partial charge in [-0.2, -0.15) is 0 Å². The van der Waals surface area contributed by atoms with Gasteiger partial charge in [-0.15, -0.1) is 0 Å². The Labute approximate surface area is 71.5 Å². The summed E-state index contributed by atoms with van der Waals surface area (Å²) in [6.07, 6.45) is 0. The summed E-state index contributed by atoms with van der Waals surface area (Å²) in [6.45, 7) is 1.70. The Bertz CT molecular complexity index is 300. The van der Waals surface area contributed by atoms with Crippen LogP contribution in [0.4, 0.5) is 0 Å². The average molecular weight is 217 g/mol. The second kappa shape index (κ2) is 3.00. The summed E-state index contributed by atoms with van der Waals surface area (Å²) >= 11 is 2.54. The summed E-state index contributed by atoms with van der Waals surface area (Å²) in [5.74, 6) is 0.0320. The van der Waals surface area contributed by atoms with Crippen LogP contribution in [0.2, 0.25) is 0 Å². The molecule has 3 nitrogen and oxygen atoms in total. The third-order valence-electron chi connectivity index (χ3n) is 1.14. The molecule has 0 amide bonds. The number of halogens is 1. The molecule has 0 fully saturated rings. The molecule has 0 aliphatic heterocycles. The fourth-order valence-corrected chi connectivity index (χ4v) is 0.849. The maximum atomic E-state index is 10.9. The van der Waals surface area contributed by atoms with Crippen LogP contribution in [-0.2, 0) is 4.79 Å². The molecule has 1 heterocycles. The van der Waals surface area contributed by atoms with E-state index in [0.29, 0.717) is 5.76 Å². The molecule has 0 aliphatic carbocycles. The quantitative estimate of drug-likeness (QED) is 0.430. The molecular formula is C7H5BrO3. The molecule has 58 valence electrons. The van der Waals surface area contributed by atoms with Gasteiger partial charge in [-0.3, -0.25) is 9.59 Å². The summed E-state index contributed by atoms with van der Waals surface area (Å²) in [4.78, 5) is 21.3. The molecule has 0 N–H and O–H groups in total. The maximum Gasteiger partial charge on any atom is 0.275 e. The normalized spacial score (nSPS) is 9.64. The Balaban J connectivity index is 2.94. The number of carbonyl (C=O) groups excluding carboxylic acids is 2. The zero-order valence-corrected chi connectivity index (χ0v) is 7.34. The number of furan rings is 1.